The standard InChI is InChI=1S/C27H31F5N6O3/c1-2-15-13-34-41-24(15)25(40)37-23(17-5-8-26(28,29)9-6-17)19-14-38-20(35-19)11-18(12-33-38)22(16-3-4-16)36-21(39)7-10-27(30,31)32/h11-14,16-17,22-23H,2-10H2,1H3,(H,36,39)(H,37,40)/t22-,23+/m1/s1. The molecule has 2 atom stereocenters. The van der Waals surface area contributed by atoms with Gasteiger partial charge in [0, 0.05) is 24.8 Å². The van der Waals surface area contributed by atoms with E-state index in [1.165, 1.54) is 16.9 Å². The largest absolute Gasteiger partial charge is 0.389 e. The van der Waals surface area contributed by atoms with Crippen LogP contribution in [0.1, 0.15) is 97.7 Å². The van der Waals surface area contributed by atoms with Crippen LogP contribution in [0.2, 0.25) is 0 Å². The van der Waals surface area contributed by atoms with Gasteiger partial charge in [0.25, 0.3) is 5.91 Å². The first-order chi connectivity index (χ1) is 19.4. The van der Waals surface area contributed by atoms with Crippen molar-refractivity contribution in [2.45, 2.75) is 88.9 Å². The molecular formula is C27H31F5N6O3. The maximum absolute atomic E-state index is 14.0. The van der Waals surface area contributed by atoms with E-state index in [4.69, 9.17) is 4.52 Å². The number of hydrogen-bond donors (Lipinski definition) is 2. The molecule has 0 spiro atoms. The maximum Gasteiger partial charge on any atom is 0.389 e. The molecule has 222 valence electrons. The molecule has 2 amide bonds. The van der Waals surface area contributed by atoms with Gasteiger partial charge in [-0.3, -0.25) is 9.59 Å². The highest BCUT2D eigenvalue weighted by Crippen LogP contribution is 2.43. The Morgan fingerprint density at radius 2 is 1.80 bits per heavy atom. The minimum absolute atomic E-state index is 0.0522. The normalized spacial score (nSPS) is 19.2. The van der Waals surface area contributed by atoms with Gasteiger partial charge in [-0.25, -0.2) is 18.3 Å². The summed E-state index contributed by atoms with van der Waals surface area (Å²) in [6, 6.07) is 0.478. The van der Waals surface area contributed by atoms with E-state index in [1.54, 1.807) is 12.3 Å². The van der Waals surface area contributed by atoms with Gasteiger partial charge in [0.05, 0.1) is 42.8 Å². The summed E-state index contributed by atoms with van der Waals surface area (Å²) in [7, 11) is 0. The summed E-state index contributed by atoms with van der Waals surface area (Å²) in [4.78, 5) is 30.1. The Bertz CT molecular complexity index is 1390. The summed E-state index contributed by atoms with van der Waals surface area (Å²) in [6.07, 6.45) is 0.201. The number of imidazole rings is 1. The smallest absolute Gasteiger partial charge is 0.351 e. The van der Waals surface area contributed by atoms with Crippen LogP contribution >= 0.6 is 0 Å². The molecule has 2 N–H and O–H groups in total. The van der Waals surface area contributed by atoms with Gasteiger partial charge in [-0.15, -0.1) is 0 Å². The van der Waals surface area contributed by atoms with Crippen molar-refractivity contribution < 1.29 is 36.1 Å². The number of halogens is 5. The minimum atomic E-state index is -4.43. The molecule has 2 aliphatic carbocycles. The molecule has 2 fully saturated rings. The molecule has 5 rings (SSSR count). The Labute approximate surface area is 232 Å². The van der Waals surface area contributed by atoms with E-state index in [-0.39, 0.29) is 43.3 Å². The quantitative estimate of drug-likeness (QED) is 0.306. The average molecular weight is 583 g/mol. The highest BCUT2D eigenvalue weighted by molar-refractivity contribution is 5.93. The number of nitrogens with zero attached hydrogens (tertiary/aromatic N) is 4. The number of alkyl halides is 5. The first-order valence-electron chi connectivity index (χ1n) is 13.8. The van der Waals surface area contributed by atoms with Crippen molar-refractivity contribution in [2.75, 3.05) is 0 Å². The number of aryl methyl sites for hydroxylation is 1. The molecular weight excluding hydrogens is 551 g/mol. The van der Waals surface area contributed by atoms with Gasteiger partial charge in [-0.05, 0) is 55.6 Å². The third-order valence-electron chi connectivity index (χ3n) is 7.83. The molecule has 0 saturated heterocycles. The molecule has 0 radical (unpaired) electrons. The van der Waals surface area contributed by atoms with Crippen molar-refractivity contribution in [1.29, 1.82) is 0 Å². The summed E-state index contributed by atoms with van der Waals surface area (Å²) in [5.74, 6) is -4.17. The molecule has 0 aromatic carbocycles. The number of nitrogens with one attached hydrogen (secondary N) is 2. The summed E-state index contributed by atoms with van der Waals surface area (Å²) < 4.78 is 72.3. The van der Waals surface area contributed by atoms with E-state index in [2.05, 4.69) is 25.9 Å². The Balaban J connectivity index is 1.40. The number of carbonyl (C=O) groups is 2. The SMILES string of the molecule is CCc1cnoc1C(=O)N[C@H](c1cn2ncc([C@H](NC(=O)CCC(F)(F)F)C3CC3)cc2n1)C1CCC(F)(F)CC1. The highest BCUT2D eigenvalue weighted by Gasteiger charge is 2.40. The Morgan fingerprint density at radius 3 is 2.46 bits per heavy atom. The summed E-state index contributed by atoms with van der Waals surface area (Å²) in [5, 5.41) is 13.7. The van der Waals surface area contributed by atoms with Gasteiger partial charge in [-0.1, -0.05) is 12.1 Å². The second-order valence-corrected chi connectivity index (χ2v) is 10.9. The van der Waals surface area contributed by atoms with Gasteiger partial charge >= 0.3 is 6.18 Å². The van der Waals surface area contributed by atoms with Crippen LogP contribution in [-0.4, -0.2) is 43.7 Å². The van der Waals surface area contributed by atoms with Gasteiger partial charge in [0.2, 0.25) is 17.6 Å². The summed E-state index contributed by atoms with van der Waals surface area (Å²) in [6.45, 7) is 1.85. The van der Waals surface area contributed by atoms with Gasteiger partial charge < -0.3 is 15.2 Å². The Kier molecular flexibility index (Phi) is 8.02. The van der Waals surface area contributed by atoms with Crippen molar-refractivity contribution in [3.63, 3.8) is 0 Å². The lowest BCUT2D eigenvalue weighted by Crippen LogP contribution is -2.37. The van der Waals surface area contributed by atoms with Crippen LogP contribution in [0.25, 0.3) is 5.65 Å². The number of aromatic nitrogens is 4. The average Bonchev–Trinajstić information content (AvgIpc) is 3.48. The lowest BCUT2D eigenvalue weighted by Gasteiger charge is -2.33. The van der Waals surface area contributed by atoms with E-state index < -0.39 is 48.8 Å². The molecule has 3 heterocycles. The lowest BCUT2D eigenvalue weighted by atomic mass is 9.81. The van der Waals surface area contributed by atoms with Gasteiger partial charge in [0.15, 0.2) is 5.65 Å². The van der Waals surface area contributed by atoms with E-state index in [9.17, 15) is 31.5 Å². The Morgan fingerprint density at radius 1 is 1.10 bits per heavy atom. The predicted octanol–water partition coefficient (Wildman–Crippen LogP) is 5.49. The van der Waals surface area contributed by atoms with E-state index in [1.807, 2.05) is 6.92 Å². The zero-order valence-electron chi connectivity index (χ0n) is 22.4. The Hall–Kier alpha value is -3.58. The number of amides is 2. The van der Waals surface area contributed by atoms with Crippen molar-refractivity contribution in [2.24, 2.45) is 11.8 Å². The van der Waals surface area contributed by atoms with Crippen LogP contribution in [-0.2, 0) is 11.2 Å². The zero-order chi connectivity index (χ0) is 29.4. The molecule has 14 heteroatoms. The van der Waals surface area contributed by atoms with Crippen LogP contribution in [0, 0.1) is 11.8 Å². The molecule has 3 aromatic heterocycles. The zero-order valence-corrected chi connectivity index (χ0v) is 22.4. The second kappa shape index (κ2) is 11.4. The lowest BCUT2D eigenvalue weighted by molar-refractivity contribution is -0.144. The topological polar surface area (TPSA) is 114 Å². The van der Waals surface area contributed by atoms with Crippen LogP contribution < -0.4 is 10.6 Å². The maximum atomic E-state index is 14.0. The van der Waals surface area contributed by atoms with Crippen molar-refractivity contribution in [3.8, 4) is 0 Å². The number of fused-ring (bicyclic) bond motifs is 1. The first kappa shape index (κ1) is 28.9. The number of hydrogen-bond acceptors (Lipinski definition) is 6. The second-order valence-electron chi connectivity index (χ2n) is 10.9. The van der Waals surface area contributed by atoms with Crippen molar-refractivity contribution in [1.82, 2.24) is 30.4 Å². The van der Waals surface area contributed by atoms with E-state index in [0.29, 0.717) is 28.9 Å². The third kappa shape index (κ3) is 7.02. The van der Waals surface area contributed by atoms with Crippen LogP contribution in [0.3, 0.4) is 0 Å². The molecule has 2 saturated carbocycles. The van der Waals surface area contributed by atoms with Crippen LogP contribution in [0.5, 0.6) is 0 Å². The highest BCUT2D eigenvalue weighted by atomic mass is 19.4. The molecule has 9 nitrogen and oxygen atoms in total. The first-order valence-corrected chi connectivity index (χ1v) is 13.8. The minimum Gasteiger partial charge on any atom is -0.351 e. The molecule has 0 bridgehead atoms. The fraction of sp³-hybridized carbons (Fsp3) is 0.593. The van der Waals surface area contributed by atoms with Crippen molar-refractivity contribution >= 4 is 17.5 Å². The van der Waals surface area contributed by atoms with E-state index in [0.717, 1.165) is 12.8 Å². The fourth-order valence-corrected chi connectivity index (χ4v) is 5.37. The predicted molar refractivity (Wildman–Crippen MR) is 135 cm³/mol. The third-order valence-corrected chi connectivity index (χ3v) is 7.83. The van der Waals surface area contributed by atoms with Crippen molar-refractivity contribution in [3.05, 3.63) is 47.2 Å². The molecule has 0 unspecified atom stereocenters. The molecule has 41 heavy (non-hydrogen) atoms. The fourth-order valence-electron chi connectivity index (χ4n) is 5.37. The monoisotopic (exact) mass is 582 g/mol. The van der Waals surface area contributed by atoms with Crippen LogP contribution in [0.15, 0.2) is 29.2 Å². The molecule has 3 aromatic rings. The van der Waals surface area contributed by atoms with Gasteiger partial charge in [0.1, 0.15) is 0 Å². The number of rotatable bonds is 10. The molecule has 0 aliphatic heterocycles. The van der Waals surface area contributed by atoms with Crippen LogP contribution in [0.4, 0.5) is 22.0 Å². The molecule has 2 aliphatic rings. The summed E-state index contributed by atoms with van der Waals surface area (Å²) >= 11 is 0. The summed E-state index contributed by atoms with van der Waals surface area (Å²) in [5.41, 5.74) is 2.03. The number of carbonyl (C=O) groups excluding carboxylic acids is 2. The van der Waals surface area contributed by atoms with Gasteiger partial charge in [-0.2, -0.15) is 18.3 Å². The van der Waals surface area contributed by atoms with E-state index >= 15 is 0 Å².